The van der Waals surface area contributed by atoms with E-state index in [1.807, 2.05) is 0 Å². The fourth-order valence-electron chi connectivity index (χ4n) is 4.08. The maximum Gasteiger partial charge on any atom is 0.434 e. The third-order valence-electron chi connectivity index (χ3n) is 6.12. The monoisotopic (exact) mass is 541 g/mol. The van der Waals surface area contributed by atoms with Crippen molar-refractivity contribution in [3.05, 3.63) is 47.8 Å². The van der Waals surface area contributed by atoms with E-state index in [9.17, 15) is 26.7 Å². The summed E-state index contributed by atoms with van der Waals surface area (Å²) >= 11 is 0. The van der Waals surface area contributed by atoms with Crippen LogP contribution in [-0.2, 0) is 18.0 Å². The van der Waals surface area contributed by atoms with Crippen LogP contribution >= 0.6 is 0 Å². The van der Waals surface area contributed by atoms with E-state index in [-0.39, 0.29) is 18.1 Å². The van der Waals surface area contributed by atoms with Gasteiger partial charge in [-0.15, -0.1) is 0 Å². The van der Waals surface area contributed by atoms with E-state index >= 15 is 0 Å². The minimum Gasteiger partial charge on any atom is -0.495 e. The molecule has 3 aromatic heterocycles. The van der Waals surface area contributed by atoms with Crippen LogP contribution in [0.15, 0.2) is 30.7 Å². The Hall–Kier alpha value is -3.88. The number of nitrogens with one attached hydrogen (secondary N) is 1. The van der Waals surface area contributed by atoms with Gasteiger partial charge in [-0.25, -0.2) is 9.97 Å². The number of carbonyl (C=O) groups is 1. The Bertz CT molecular complexity index is 1300. The zero-order valence-corrected chi connectivity index (χ0v) is 20.8. The number of hydrogen-bond donors (Lipinski definition) is 1. The van der Waals surface area contributed by atoms with Crippen LogP contribution in [0.2, 0.25) is 0 Å². The van der Waals surface area contributed by atoms with E-state index in [4.69, 9.17) is 9.47 Å². The molecule has 0 radical (unpaired) electrons. The Morgan fingerprint density at radius 2 is 1.95 bits per heavy atom. The second kappa shape index (κ2) is 10.1. The summed E-state index contributed by atoms with van der Waals surface area (Å²) in [6, 6.07) is 2.31. The summed E-state index contributed by atoms with van der Waals surface area (Å²) in [5, 5.41) is 7.03. The van der Waals surface area contributed by atoms with Gasteiger partial charge in [0.05, 0.1) is 49.1 Å². The number of hydrogen-bond acceptors (Lipinski definition) is 8. The first-order chi connectivity index (χ1) is 17.8. The fourth-order valence-corrected chi connectivity index (χ4v) is 4.08. The first-order valence-corrected chi connectivity index (χ1v) is 11.3. The largest absolute Gasteiger partial charge is 0.495 e. The Balaban J connectivity index is 1.64. The van der Waals surface area contributed by atoms with Gasteiger partial charge in [0.2, 0.25) is 0 Å². The van der Waals surface area contributed by atoms with Crippen molar-refractivity contribution in [1.29, 1.82) is 0 Å². The van der Waals surface area contributed by atoms with Gasteiger partial charge < -0.3 is 19.7 Å². The summed E-state index contributed by atoms with van der Waals surface area (Å²) in [5.74, 6) is -0.337. The van der Waals surface area contributed by atoms with E-state index in [0.717, 1.165) is 11.1 Å². The summed E-state index contributed by atoms with van der Waals surface area (Å²) in [6.45, 7) is 1.86. The number of carbonyl (C=O) groups excluding carboxylic acids is 1. The number of aromatic nitrogens is 5. The molecule has 204 valence electrons. The van der Waals surface area contributed by atoms with Crippen LogP contribution in [-0.4, -0.2) is 74.0 Å². The van der Waals surface area contributed by atoms with E-state index in [1.54, 1.807) is 26.1 Å². The number of nitrogens with zero attached hydrogens (tertiary/aromatic N) is 6. The SMILES string of the molecule is COc1ccc(-c2c(C(=O)N3CC(F)(F)O[C@@H](C)[C@H]3CNc3cnc(C(F)(F)F)cn3)nn(C)c2C)nc1. The number of halogens is 5. The van der Waals surface area contributed by atoms with Crippen molar-refractivity contribution in [1.82, 2.24) is 29.6 Å². The van der Waals surface area contributed by atoms with Crippen LogP contribution in [0.1, 0.15) is 28.8 Å². The average Bonchev–Trinajstić information content (AvgIpc) is 3.16. The van der Waals surface area contributed by atoms with Crippen molar-refractivity contribution in [2.24, 2.45) is 7.05 Å². The smallest absolute Gasteiger partial charge is 0.434 e. The number of ether oxygens (including phenoxy) is 2. The third-order valence-corrected chi connectivity index (χ3v) is 6.12. The van der Waals surface area contributed by atoms with Gasteiger partial charge >= 0.3 is 12.3 Å². The van der Waals surface area contributed by atoms with Crippen LogP contribution in [0.25, 0.3) is 11.3 Å². The van der Waals surface area contributed by atoms with Gasteiger partial charge in [-0.2, -0.15) is 27.1 Å². The van der Waals surface area contributed by atoms with E-state index in [2.05, 4.69) is 25.4 Å². The lowest BCUT2D eigenvalue weighted by Gasteiger charge is -2.43. The number of rotatable bonds is 6. The zero-order valence-electron chi connectivity index (χ0n) is 20.8. The Labute approximate surface area is 213 Å². The molecular weight excluding hydrogens is 517 g/mol. The van der Waals surface area contributed by atoms with Crippen LogP contribution in [0.3, 0.4) is 0 Å². The average molecular weight is 541 g/mol. The molecule has 0 aliphatic carbocycles. The summed E-state index contributed by atoms with van der Waals surface area (Å²) in [7, 11) is 3.09. The van der Waals surface area contributed by atoms with Crippen molar-refractivity contribution in [3.63, 3.8) is 0 Å². The van der Waals surface area contributed by atoms with Crippen LogP contribution in [0.5, 0.6) is 5.75 Å². The summed E-state index contributed by atoms with van der Waals surface area (Å²) in [4.78, 5) is 26.0. The Morgan fingerprint density at radius 1 is 1.21 bits per heavy atom. The molecule has 0 bridgehead atoms. The summed E-state index contributed by atoms with van der Waals surface area (Å²) < 4.78 is 78.6. The van der Waals surface area contributed by atoms with Gasteiger partial charge in [0.15, 0.2) is 11.4 Å². The maximum atomic E-state index is 14.4. The van der Waals surface area contributed by atoms with E-state index < -0.39 is 42.6 Å². The molecule has 15 heteroatoms. The molecule has 0 saturated carbocycles. The van der Waals surface area contributed by atoms with Crippen molar-refractivity contribution in [2.45, 2.75) is 38.3 Å². The molecule has 10 nitrogen and oxygen atoms in total. The molecule has 0 unspecified atom stereocenters. The zero-order chi connectivity index (χ0) is 27.8. The quantitative estimate of drug-likeness (QED) is 0.473. The highest BCUT2D eigenvalue weighted by atomic mass is 19.4. The number of amides is 1. The first kappa shape index (κ1) is 27.2. The van der Waals surface area contributed by atoms with Gasteiger partial charge in [-0.1, -0.05) is 0 Å². The molecule has 4 rings (SSSR count). The minimum atomic E-state index is -4.66. The molecule has 38 heavy (non-hydrogen) atoms. The number of morpholine rings is 1. The molecule has 3 aromatic rings. The van der Waals surface area contributed by atoms with E-state index in [1.165, 1.54) is 24.9 Å². The second-order valence-electron chi connectivity index (χ2n) is 8.64. The molecular formula is C23H24F5N7O3. The van der Waals surface area contributed by atoms with E-state index in [0.29, 0.717) is 28.9 Å². The minimum absolute atomic E-state index is 0.0354. The second-order valence-corrected chi connectivity index (χ2v) is 8.64. The number of aryl methyl sites for hydroxylation is 1. The molecule has 1 aliphatic heterocycles. The standard InChI is InChI=1S/C23H24F5N7O3/c1-12-19(15-6-5-14(37-4)7-29-15)20(33-34(12)3)21(36)35-11-22(24,25)38-13(2)16(35)8-31-18-10-30-17(9-32-18)23(26,27)28/h5-7,9-10,13,16H,8,11H2,1-4H3,(H,31,32)/t13-,16+/m0/s1. The van der Waals surface area contributed by atoms with Gasteiger partial charge in [0.25, 0.3) is 5.91 Å². The number of alkyl halides is 5. The predicted molar refractivity (Wildman–Crippen MR) is 124 cm³/mol. The van der Waals surface area contributed by atoms with Gasteiger partial charge in [-0.05, 0) is 26.0 Å². The molecule has 1 N–H and O–H groups in total. The predicted octanol–water partition coefficient (Wildman–Crippen LogP) is 3.54. The van der Waals surface area contributed by atoms with Crippen molar-refractivity contribution >= 4 is 11.7 Å². The summed E-state index contributed by atoms with van der Waals surface area (Å²) in [6.07, 6.45) is -6.58. The molecule has 0 spiro atoms. The lowest BCUT2D eigenvalue weighted by molar-refractivity contribution is -0.298. The molecule has 1 amide bonds. The van der Waals surface area contributed by atoms with Crippen molar-refractivity contribution in [3.8, 4) is 17.0 Å². The van der Waals surface area contributed by atoms with Gasteiger partial charge in [0.1, 0.15) is 18.1 Å². The van der Waals surface area contributed by atoms with Crippen molar-refractivity contribution < 1.29 is 36.2 Å². The highest BCUT2D eigenvalue weighted by molar-refractivity contribution is 5.99. The molecule has 4 heterocycles. The van der Waals surface area contributed by atoms with Gasteiger partial charge in [0, 0.05) is 19.3 Å². The third kappa shape index (κ3) is 5.51. The Morgan fingerprint density at radius 3 is 2.53 bits per heavy atom. The topological polar surface area (TPSA) is 107 Å². The van der Waals surface area contributed by atoms with Crippen LogP contribution in [0.4, 0.5) is 27.8 Å². The Kier molecular flexibility index (Phi) is 7.23. The molecule has 2 atom stereocenters. The highest BCUT2D eigenvalue weighted by Gasteiger charge is 2.48. The molecule has 1 aliphatic rings. The highest BCUT2D eigenvalue weighted by Crippen LogP contribution is 2.33. The summed E-state index contributed by atoms with van der Waals surface area (Å²) in [5.41, 5.74) is 0.0604. The molecule has 1 fully saturated rings. The van der Waals surface area contributed by atoms with Crippen LogP contribution < -0.4 is 10.1 Å². The lowest BCUT2D eigenvalue weighted by Crippen LogP contribution is -2.61. The van der Waals surface area contributed by atoms with Crippen molar-refractivity contribution in [2.75, 3.05) is 25.5 Å². The fraction of sp³-hybridized carbons (Fsp3) is 0.435. The number of methoxy groups -OCH3 is 1. The first-order valence-electron chi connectivity index (χ1n) is 11.3. The molecule has 0 aromatic carbocycles. The maximum absolute atomic E-state index is 14.4. The molecule has 1 saturated heterocycles. The number of anilines is 1. The number of pyridine rings is 1. The van der Waals surface area contributed by atoms with Gasteiger partial charge in [-0.3, -0.25) is 14.5 Å². The lowest BCUT2D eigenvalue weighted by atomic mass is 10.0. The van der Waals surface area contributed by atoms with Crippen LogP contribution in [0, 0.1) is 6.92 Å². The normalized spacial score (nSPS) is 19.3.